The van der Waals surface area contributed by atoms with Gasteiger partial charge in [0.15, 0.2) is 5.65 Å². The molecule has 0 bridgehead atoms. The third-order valence-electron chi connectivity index (χ3n) is 7.74. The van der Waals surface area contributed by atoms with Gasteiger partial charge in [-0.15, -0.1) is 0 Å². The van der Waals surface area contributed by atoms with Gasteiger partial charge in [0.25, 0.3) is 5.56 Å². The van der Waals surface area contributed by atoms with E-state index in [1.807, 2.05) is 43.3 Å². The molecule has 1 saturated heterocycles. The number of hydrogen-bond donors (Lipinski definition) is 2. The van der Waals surface area contributed by atoms with Crippen LogP contribution in [0.1, 0.15) is 37.8 Å². The van der Waals surface area contributed by atoms with E-state index in [-0.39, 0.29) is 23.3 Å². The number of imidazole rings is 1. The van der Waals surface area contributed by atoms with Crippen molar-refractivity contribution in [1.29, 1.82) is 0 Å². The third kappa shape index (κ3) is 5.86. The van der Waals surface area contributed by atoms with Crippen molar-refractivity contribution in [3.63, 3.8) is 0 Å². The molecule has 1 aromatic carbocycles. The Balaban J connectivity index is 1.27. The van der Waals surface area contributed by atoms with E-state index in [9.17, 15) is 14.4 Å². The molecule has 1 aliphatic carbocycles. The standard InChI is InChI=1S/C30H36N8O4/c1-2-12-37-27-25(28(39)38(30(37)41)23-9-10-23)33-26(34-27)22-8-11-24(31-20-22)36(14-13-35-15-17-42-18-16-35)29(40)32-19-21-6-4-3-5-7-21/h3-8,11,20,23H,2,9-10,12-19H2,1H3,(H,32,40)(H,33,34). The number of pyridine rings is 1. The summed E-state index contributed by atoms with van der Waals surface area (Å²) < 4.78 is 8.41. The highest BCUT2D eigenvalue weighted by molar-refractivity contribution is 5.91. The second-order valence-corrected chi connectivity index (χ2v) is 10.8. The van der Waals surface area contributed by atoms with E-state index in [1.165, 1.54) is 4.57 Å². The monoisotopic (exact) mass is 572 g/mol. The van der Waals surface area contributed by atoms with Crippen LogP contribution < -0.4 is 21.5 Å². The second kappa shape index (κ2) is 12.3. The lowest BCUT2D eigenvalue weighted by atomic mass is 10.2. The fraction of sp³-hybridized carbons (Fsp3) is 0.433. The van der Waals surface area contributed by atoms with Gasteiger partial charge in [-0.05, 0) is 37.0 Å². The first-order valence-electron chi connectivity index (χ1n) is 14.6. The Morgan fingerprint density at radius 3 is 2.57 bits per heavy atom. The number of nitrogens with one attached hydrogen (secondary N) is 2. The fourth-order valence-electron chi connectivity index (χ4n) is 5.29. The van der Waals surface area contributed by atoms with Gasteiger partial charge in [0, 0.05) is 57.1 Å². The largest absolute Gasteiger partial charge is 0.379 e. The fourth-order valence-corrected chi connectivity index (χ4v) is 5.29. The zero-order valence-corrected chi connectivity index (χ0v) is 23.8. The first-order chi connectivity index (χ1) is 20.5. The summed E-state index contributed by atoms with van der Waals surface area (Å²) in [6, 6.07) is 13.1. The molecule has 12 nitrogen and oxygen atoms in total. The molecule has 0 radical (unpaired) electrons. The van der Waals surface area contributed by atoms with Crippen LogP contribution in [0.15, 0.2) is 58.3 Å². The number of carbonyl (C=O) groups excluding carboxylic acids is 1. The number of morpholine rings is 1. The average Bonchev–Trinajstić information content (AvgIpc) is 3.76. The minimum Gasteiger partial charge on any atom is -0.379 e. The number of hydrogen-bond acceptors (Lipinski definition) is 7. The van der Waals surface area contributed by atoms with E-state index in [2.05, 4.69) is 25.2 Å². The van der Waals surface area contributed by atoms with Gasteiger partial charge in [0.1, 0.15) is 17.2 Å². The summed E-state index contributed by atoms with van der Waals surface area (Å²) in [6.45, 7) is 7.03. The van der Waals surface area contributed by atoms with Crippen LogP contribution in [0.2, 0.25) is 0 Å². The van der Waals surface area contributed by atoms with Gasteiger partial charge < -0.3 is 15.0 Å². The molecular weight excluding hydrogens is 536 g/mol. The molecule has 1 aliphatic heterocycles. The van der Waals surface area contributed by atoms with Crippen LogP contribution in [0.4, 0.5) is 10.6 Å². The maximum absolute atomic E-state index is 13.4. The quantitative estimate of drug-likeness (QED) is 0.299. The highest BCUT2D eigenvalue weighted by Gasteiger charge is 2.30. The SMILES string of the molecule is CCCn1c(=O)n(C2CC2)c(=O)c2[nH]c(-c3ccc(N(CCN4CCOCC4)C(=O)NCc4ccccc4)nc3)nc21. The van der Waals surface area contributed by atoms with Crippen molar-refractivity contribution in [2.24, 2.45) is 0 Å². The Kier molecular flexibility index (Phi) is 8.15. The summed E-state index contributed by atoms with van der Waals surface area (Å²) in [5.74, 6) is 0.958. The molecule has 1 saturated carbocycles. The predicted octanol–water partition coefficient (Wildman–Crippen LogP) is 2.74. The van der Waals surface area contributed by atoms with E-state index in [0.29, 0.717) is 67.8 Å². The van der Waals surface area contributed by atoms with Crippen molar-refractivity contribution in [3.8, 4) is 11.4 Å². The third-order valence-corrected chi connectivity index (χ3v) is 7.74. The summed E-state index contributed by atoms with van der Waals surface area (Å²) in [5, 5.41) is 3.01. The lowest BCUT2D eigenvalue weighted by Crippen LogP contribution is -2.46. The normalized spacial score (nSPS) is 15.6. The Morgan fingerprint density at radius 2 is 1.88 bits per heavy atom. The van der Waals surface area contributed by atoms with E-state index >= 15 is 0 Å². The maximum Gasteiger partial charge on any atom is 0.333 e. The topological polar surface area (TPSA) is 130 Å². The summed E-state index contributed by atoms with van der Waals surface area (Å²) in [4.78, 5) is 56.1. The first-order valence-corrected chi connectivity index (χ1v) is 14.6. The van der Waals surface area contributed by atoms with Crippen molar-refractivity contribution >= 4 is 23.0 Å². The smallest absolute Gasteiger partial charge is 0.333 e. The van der Waals surface area contributed by atoms with E-state index in [0.717, 1.165) is 37.9 Å². The summed E-state index contributed by atoms with van der Waals surface area (Å²) >= 11 is 0. The number of aromatic nitrogens is 5. The summed E-state index contributed by atoms with van der Waals surface area (Å²) in [6.07, 6.45) is 4.05. The number of carbonyl (C=O) groups is 1. The van der Waals surface area contributed by atoms with E-state index < -0.39 is 0 Å². The molecule has 6 rings (SSSR count). The number of fused-ring (bicyclic) bond motifs is 1. The minimum absolute atomic E-state index is 0.0401. The second-order valence-electron chi connectivity index (χ2n) is 10.8. The minimum atomic E-state index is -0.336. The molecule has 2 aliphatic rings. The summed E-state index contributed by atoms with van der Waals surface area (Å²) in [7, 11) is 0. The van der Waals surface area contributed by atoms with Gasteiger partial charge in [0.2, 0.25) is 0 Å². The molecule has 0 atom stereocenters. The van der Waals surface area contributed by atoms with Crippen LogP contribution in [0.5, 0.6) is 0 Å². The number of urea groups is 1. The molecule has 0 spiro atoms. The van der Waals surface area contributed by atoms with E-state index in [1.54, 1.807) is 21.7 Å². The lowest BCUT2D eigenvalue weighted by molar-refractivity contribution is 0.0393. The number of aromatic amines is 1. The number of nitrogens with zero attached hydrogens (tertiary/aromatic N) is 6. The molecular formula is C30H36N8O4. The number of anilines is 1. The Morgan fingerprint density at radius 1 is 1.10 bits per heavy atom. The molecule has 220 valence electrons. The highest BCUT2D eigenvalue weighted by Crippen LogP contribution is 2.32. The lowest BCUT2D eigenvalue weighted by Gasteiger charge is -2.29. The number of aryl methyl sites for hydroxylation is 1. The van der Waals surface area contributed by atoms with Gasteiger partial charge in [-0.2, -0.15) is 0 Å². The van der Waals surface area contributed by atoms with Crippen LogP contribution in [-0.2, 0) is 17.8 Å². The number of benzene rings is 1. The van der Waals surface area contributed by atoms with Crippen LogP contribution >= 0.6 is 0 Å². The number of amides is 2. The van der Waals surface area contributed by atoms with Gasteiger partial charge in [0.05, 0.1) is 13.2 Å². The molecule has 2 fully saturated rings. The molecule has 4 heterocycles. The van der Waals surface area contributed by atoms with Gasteiger partial charge >= 0.3 is 11.7 Å². The van der Waals surface area contributed by atoms with Gasteiger partial charge in [-0.3, -0.25) is 23.7 Å². The number of H-pyrrole nitrogens is 1. The van der Waals surface area contributed by atoms with Crippen LogP contribution in [-0.4, -0.2) is 74.4 Å². The number of ether oxygens (including phenoxy) is 1. The molecule has 2 amide bonds. The maximum atomic E-state index is 13.4. The van der Waals surface area contributed by atoms with Crippen LogP contribution in [0.3, 0.4) is 0 Å². The Hall–Kier alpha value is -4.29. The average molecular weight is 573 g/mol. The molecule has 0 unspecified atom stereocenters. The van der Waals surface area contributed by atoms with Gasteiger partial charge in [-0.1, -0.05) is 37.3 Å². The predicted molar refractivity (Wildman–Crippen MR) is 160 cm³/mol. The highest BCUT2D eigenvalue weighted by atomic mass is 16.5. The summed E-state index contributed by atoms with van der Waals surface area (Å²) in [5.41, 5.74) is 1.70. The van der Waals surface area contributed by atoms with Crippen molar-refractivity contribution in [3.05, 3.63) is 75.1 Å². The first kappa shape index (κ1) is 27.9. The van der Waals surface area contributed by atoms with E-state index in [4.69, 9.17) is 4.74 Å². The van der Waals surface area contributed by atoms with Crippen molar-refractivity contribution in [2.45, 2.75) is 45.3 Å². The molecule has 2 N–H and O–H groups in total. The Labute approximate surface area is 243 Å². The molecule has 12 heteroatoms. The molecule has 3 aromatic heterocycles. The number of rotatable bonds is 10. The van der Waals surface area contributed by atoms with Crippen LogP contribution in [0, 0.1) is 0 Å². The zero-order chi connectivity index (χ0) is 29.1. The van der Waals surface area contributed by atoms with Crippen molar-refractivity contribution < 1.29 is 9.53 Å². The van der Waals surface area contributed by atoms with Crippen molar-refractivity contribution in [1.82, 2.24) is 34.3 Å². The zero-order valence-electron chi connectivity index (χ0n) is 23.8. The van der Waals surface area contributed by atoms with Crippen LogP contribution in [0.25, 0.3) is 22.6 Å². The van der Waals surface area contributed by atoms with Crippen molar-refractivity contribution in [2.75, 3.05) is 44.3 Å². The van der Waals surface area contributed by atoms with Gasteiger partial charge in [-0.25, -0.2) is 19.6 Å². The molecule has 4 aromatic rings. The molecule has 42 heavy (non-hydrogen) atoms. The Bertz CT molecular complexity index is 1650.